The zero-order valence-electron chi connectivity index (χ0n) is 11.3. The van der Waals surface area contributed by atoms with Crippen LogP contribution in [0.3, 0.4) is 0 Å². The lowest BCUT2D eigenvalue weighted by atomic mass is 9.99. The summed E-state index contributed by atoms with van der Waals surface area (Å²) in [7, 11) is 0. The van der Waals surface area contributed by atoms with Crippen molar-refractivity contribution in [1.29, 1.82) is 5.26 Å². The molecule has 0 saturated heterocycles. The minimum Gasteiger partial charge on any atom is -0.484 e. The summed E-state index contributed by atoms with van der Waals surface area (Å²) in [5, 5.41) is 12.8. The van der Waals surface area contributed by atoms with Crippen LogP contribution in [-0.2, 0) is 4.79 Å². The second-order valence-corrected chi connectivity index (χ2v) is 4.70. The third kappa shape index (κ3) is 4.39. The van der Waals surface area contributed by atoms with Gasteiger partial charge in [0.15, 0.2) is 6.61 Å². The molecule has 0 atom stereocenters. The fraction of sp³-hybridized carbons (Fsp3) is 0.400. The topological polar surface area (TPSA) is 74.5 Å². The minimum atomic E-state index is -0.271. The third-order valence-electron chi connectivity index (χ3n) is 3.12. The van der Waals surface area contributed by atoms with E-state index < -0.39 is 0 Å². The lowest BCUT2D eigenvalue weighted by molar-refractivity contribution is -0.123. The number of ether oxygens (including phenoxy) is 1. The van der Waals surface area contributed by atoms with Crippen LogP contribution in [0.15, 0.2) is 29.4 Å². The predicted molar refractivity (Wildman–Crippen MR) is 75.3 cm³/mol. The summed E-state index contributed by atoms with van der Waals surface area (Å²) < 4.78 is 5.32. The van der Waals surface area contributed by atoms with E-state index in [4.69, 9.17) is 10.00 Å². The van der Waals surface area contributed by atoms with Crippen LogP contribution in [0.25, 0.3) is 0 Å². The molecule has 1 amide bonds. The first-order valence-corrected chi connectivity index (χ1v) is 6.75. The molecule has 0 spiro atoms. The second kappa shape index (κ2) is 7.29. The molecule has 1 aliphatic carbocycles. The molecule has 104 valence electrons. The van der Waals surface area contributed by atoms with Crippen molar-refractivity contribution in [3.8, 4) is 11.8 Å². The van der Waals surface area contributed by atoms with Gasteiger partial charge in [0, 0.05) is 5.71 Å². The number of amides is 1. The van der Waals surface area contributed by atoms with Gasteiger partial charge in [-0.25, -0.2) is 5.43 Å². The fourth-order valence-electron chi connectivity index (χ4n) is 2.02. The highest BCUT2D eigenvalue weighted by atomic mass is 16.5. The first-order valence-electron chi connectivity index (χ1n) is 6.75. The zero-order chi connectivity index (χ0) is 14.2. The maximum Gasteiger partial charge on any atom is 0.277 e. The molecule has 0 heterocycles. The summed E-state index contributed by atoms with van der Waals surface area (Å²) in [6, 6.07) is 8.65. The monoisotopic (exact) mass is 271 g/mol. The van der Waals surface area contributed by atoms with Crippen molar-refractivity contribution in [3.63, 3.8) is 0 Å². The van der Waals surface area contributed by atoms with E-state index in [1.807, 2.05) is 6.07 Å². The molecule has 5 nitrogen and oxygen atoms in total. The molecule has 0 bridgehead atoms. The third-order valence-corrected chi connectivity index (χ3v) is 3.12. The molecule has 1 aromatic rings. The molecule has 2 rings (SSSR count). The molecule has 1 N–H and O–H groups in total. The number of hydrogen-bond donors (Lipinski definition) is 1. The lowest BCUT2D eigenvalue weighted by Gasteiger charge is -2.12. The Kier molecular flexibility index (Phi) is 5.13. The van der Waals surface area contributed by atoms with Crippen molar-refractivity contribution >= 4 is 11.6 Å². The predicted octanol–water partition coefficient (Wildman–Crippen LogP) is 2.37. The van der Waals surface area contributed by atoms with Gasteiger partial charge in [-0.05, 0) is 49.9 Å². The van der Waals surface area contributed by atoms with Crippen LogP contribution >= 0.6 is 0 Å². The van der Waals surface area contributed by atoms with Gasteiger partial charge >= 0.3 is 0 Å². The first-order chi connectivity index (χ1) is 9.78. The number of carbonyl (C=O) groups excluding carboxylic acids is 1. The van der Waals surface area contributed by atoms with Crippen LogP contribution in [0, 0.1) is 11.3 Å². The van der Waals surface area contributed by atoms with E-state index in [9.17, 15) is 4.79 Å². The van der Waals surface area contributed by atoms with Gasteiger partial charge in [0.25, 0.3) is 5.91 Å². The molecule has 1 saturated carbocycles. The van der Waals surface area contributed by atoms with Crippen molar-refractivity contribution in [2.75, 3.05) is 6.61 Å². The largest absolute Gasteiger partial charge is 0.484 e. The minimum absolute atomic E-state index is 0.0807. The number of nitriles is 1. The SMILES string of the molecule is N#Cc1ccc(OCC(=O)NN=C2CCCCC2)cc1. The van der Waals surface area contributed by atoms with E-state index in [-0.39, 0.29) is 12.5 Å². The van der Waals surface area contributed by atoms with Gasteiger partial charge in [0.2, 0.25) is 0 Å². The Morgan fingerprint density at radius 1 is 1.25 bits per heavy atom. The van der Waals surface area contributed by atoms with Gasteiger partial charge in [-0.1, -0.05) is 6.42 Å². The fourth-order valence-corrected chi connectivity index (χ4v) is 2.02. The second-order valence-electron chi connectivity index (χ2n) is 4.70. The number of carbonyl (C=O) groups is 1. The van der Waals surface area contributed by atoms with Crippen molar-refractivity contribution in [2.24, 2.45) is 5.10 Å². The van der Waals surface area contributed by atoms with Crippen LogP contribution in [0.4, 0.5) is 0 Å². The summed E-state index contributed by atoms with van der Waals surface area (Å²) in [6.45, 7) is -0.0807. The number of hydrazone groups is 1. The normalized spacial score (nSPS) is 14.2. The molecule has 1 fully saturated rings. The van der Waals surface area contributed by atoms with Crippen LogP contribution in [0.2, 0.25) is 0 Å². The zero-order valence-corrected chi connectivity index (χ0v) is 11.3. The Hall–Kier alpha value is -2.35. The maximum atomic E-state index is 11.6. The molecule has 0 aromatic heterocycles. The quantitative estimate of drug-likeness (QED) is 0.854. The highest BCUT2D eigenvalue weighted by molar-refractivity contribution is 5.87. The molecule has 1 aromatic carbocycles. The number of nitrogens with one attached hydrogen (secondary N) is 1. The highest BCUT2D eigenvalue weighted by Crippen LogP contribution is 2.14. The van der Waals surface area contributed by atoms with Crippen LogP contribution in [-0.4, -0.2) is 18.2 Å². The highest BCUT2D eigenvalue weighted by Gasteiger charge is 2.08. The molecule has 0 unspecified atom stereocenters. The van der Waals surface area contributed by atoms with E-state index in [1.165, 1.54) is 6.42 Å². The summed E-state index contributed by atoms with van der Waals surface area (Å²) >= 11 is 0. The summed E-state index contributed by atoms with van der Waals surface area (Å²) in [5.41, 5.74) is 4.14. The number of rotatable bonds is 4. The summed E-state index contributed by atoms with van der Waals surface area (Å²) in [5.74, 6) is 0.289. The van der Waals surface area contributed by atoms with Gasteiger partial charge in [0.1, 0.15) is 5.75 Å². The van der Waals surface area contributed by atoms with Gasteiger partial charge in [0.05, 0.1) is 11.6 Å². The maximum absolute atomic E-state index is 11.6. The van der Waals surface area contributed by atoms with Crippen LogP contribution in [0.1, 0.15) is 37.7 Å². The van der Waals surface area contributed by atoms with Crippen molar-refractivity contribution < 1.29 is 9.53 Å². The Labute approximate surface area is 118 Å². The summed E-state index contributed by atoms with van der Waals surface area (Å²) in [6.07, 6.45) is 5.48. The van der Waals surface area contributed by atoms with Gasteiger partial charge in [-0.2, -0.15) is 10.4 Å². The standard InChI is InChI=1S/C15H17N3O2/c16-10-12-6-8-14(9-7-12)20-11-15(19)18-17-13-4-2-1-3-5-13/h6-9H,1-5,11H2,(H,18,19). The molecule has 20 heavy (non-hydrogen) atoms. The average molecular weight is 271 g/mol. The number of nitrogens with zero attached hydrogens (tertiary/aromatic N) is 2. The molecular formula is C15H17N3O2. The number of hydrogen-bond acceptors (Lipinski definition) is 4. The van der Waals surface area contributed by atoms with E-state index in [0.29, 0.717) is 11.3 Å². The Balaban J connectivity index is 1.75. The molecule has 1 aliphatic rings. The van der Waals surface area contributed by atoms with E-state index in [1.54, 1.807) is 24.3 Å². The Morgan fingerprint density at radius 3 is 2.60 bits per heavy atom. The smallest absolute Gasteiger partial charge is 0.277 e. The van der Waals surface area contributed by atoms with E-state index >= 15 is 0 Å². The average Bonchev–Trinajstić information content (AvgIpc) is 2.52. The Bertz CT molecular complexity index is 521. The van der Waals surface area contributed by atoms with Gasteiger partial charge in [-0.15, -0.1) is 0 Å². The molecule has 0 aliphatic heterocycles. The van der Waals surface area contributed by atoms with Gasteiger partial charge in [-0.3, -0.25) is 4.79 Å². The Morgan fingerprint density at radius 2 is 1.95 bits per heavy atom. The summed E-state index contributed by atoms with van der Waals surface area (Å²) in [4.78, 5) is 11.6. The molecule has 0 radical (unpaired) electrons. The van der Waals surface area contributed by atoms with Crippen molar-refractivity contribution in [1.82, 2.24) is 5.43 Å². The van der Waals surface area contributed by atoms with Crippen molar-refractivity contribution in [2.45, 2.75) is 32.1 Å². The lowest BCUT2D eigenvalue weighted by Crippen LogP contribution is -2.26. The number of benzene rings is 1. The van der Waals surface area contributed by atoms with Crippen LogP contribution in [0.5, 0.6) is 5.75 Å². The van der Waals surface area contributed by atoms with Gasteiger partial charge < -0.3 is 4.74 Å². The van der Waals surface area contributed by atoms with E-state index in [0.717, 1.165) is 31.4 Å². The molecule has 5 heteroatoms. The molecular weight excluding hydrogens is 254 g/mol. The van der Waals surface area contributed by atoms with Crippen molar-refractivity contribution in [3.05, 3.63) is 29.8 Å². The van der Waals surface area contributed by atoms with E-state index in [2.05, 4.69) is 10.5 Å². The van der Waals surface area contributed by atoms with Crippen LogP contribution < -0.4 is 10.2 Å². The first kappa shape index (κ1) is 14.1.